The Labute approximate surface area is 83.9 Å². The van der Waals surface area contributed by atoms with Crippen LogP contribution in [-0.2, 0) is 11.1 Å². The number of aliphatic imine (C=N–C) groups is 1. The number of hydrogen-bond donors (Lipinski definition) is 2. The minimum absolute atomic E-state index is 0.352. The predicted octanol–water partition coefficient (Wildman–Crippen LogP) is 0.863. The summed E-state index contributed by atoms with van der Waals surface area (Å²) in [6.07, 6.45) is 0. The first-order valence-electron chi connectivity index (χ1n) is 3.73. The third-order valence-electron chi connectivity index (χ3n) is 1.49. The van der Waals surface area contributed by atoms with Crippen molar-refractivity contribution in [2.45, 2.75) is 0 Å². The van der Waals surface area contributed by atoms with E-state index in [9.17, 15) is 4.21 Å². The zero-order chi connectivity index (χ0) is 10.6. The minimum atomic E-state index is -2.25. The van der Waals surface area contributed by atoms with Crippen molar-refractivity contribution in [1.29, 1.82) is 0 Å². The van der Waals surface area contributed by atoms with Crippen molar-refractivity contribution in [3.63, 3.8) is 0 Å². The number of nitrogens with two attached hydrogens (primary N) is 1. The Morgan fingerprint density at radius 2 is 2.21 bits per heavy atom. The second kappa shape index (κ2) is 4.73. The summed E-state index contributed by atoms with van der Waals surface area (Å²) in [5.74, 6) is 0.501. The van der Waals surface area contributed by atoms with Gasteiger partial charge in [-0.3, -0.25) is 4.55 Å². The first-order valence-corrected chi connectivity index (χ1v) is 4.84. The Hall–Kier alpha value is -1.40. The van der Waals surface area contributed by atoms with Crippen LogP contribution >= 0.6 is 0 Å². The average molecular weight is 214 g/mol. The van der Waals surface area contributed by atoms with E-state index in [4.69, 9.17) is 15.0 Å². The molecule has 76 valence electrons. The van der Waals surface area contributed by atoms with Gasteiger partial charge in [-0.05, 0) is 12.1 Å². The molecule has 1 aromatic rings. The largest absolute Gasteiger partial charge is 0.494 e. The fourth-order valence-electron chi connectivity index (χ4n) is 0.880. The van der Waals surface area contributed by atoms with Crippen LogP contribution in [0.4, 0.5) is 5.69 Å². The van der Waals surface area contributed by atoms with Crippen LogP contribution in [0.1, 0.15) is 0 Å². The quantitative estimate of drug-likeness (QED) is 0.434. The second-order valence-electron chi connectivity index (χ2n) is 2.37. The Morgan fingerprint density at radius 1 is 1.57 bits per heavy atom. The maximum absolute atomic E-state index is 10.5. The molecule has 5 nitrogen and oxygen atoms in total. The predicted molar refractivity (Wildman–Crippen MR) is 55.0 cm³/mol. The summed E-state index contributed by atoms with van der Waals surface area (Å²) in [5.41, 5.74) is 5.64. The van der Waals surface area contributed by atoms with E-state index in [0.29, 0.717) is 11.4 Å². The molecule has 1 unspecified atom stereocenters. The summed E-state index contributed by atoms with van der Waals surface area (Å²) in [7, 11) is 1.49. The van der Waals surface area contributed by atoms with Crippen LogP contribution in [0.5, 0.6) is 5.75 Å². The molecule has 0 aliphatic rings. The van der Waals surface area contributed by atoms with Crippen LogP contribution in [0.25, 0.3) is 0 Å². The normalized spacial score (nSPS) is 13.7. The number of methoxy groups -OCH3 is 1. The molecule has 0 fully saturated rings. The molecule has 1 rings (SSSR count). The Bertz CT molecular complexity index is 379. The molecule has 14 heavy (non-hydrogen) atoms. The summed E-state index contributed by atoms with van der Waals surface area (Å²) in [5, 5.41) is -0.352. The van der Waals surface area contributed by atoms with Crippen molar-refractivity contribution in [3.05, 3.63) is 24.3 Å². The zero-order valence-electron chi connectivity index (χ0n) is 7.51. The molecule has 1 aromatic carbocycles. The summed E-state index contributed by atoms with van der Waals surface area (Å²) < 4.78 is 24.1. The van der Waals surface area contributed by atoms with E-state index in [1.807, 2.05) is 0 Å². The van der Waals surface area contributed by atoms with Gasteiger partial charge < -0.3 is 10.5 Å². The van der Waals surface area contributed by atoms with E-state index < -0.39 is 11.1 Å². The number of amidine groups is 1. The van der Waals surface area contributed by atoms with Crippen molar-refractivity contribution < 1.29 is 13.5 Å². The molecule has 0 aromatic heterocycles. The molecule has 0 aliphatic carbocycles. The lowest BCUT2D eigenvalue weighted by atomic mass is 10.3. The molecule has 0 amide bonds. The van der Waals surface area contributed by atoms with Gasteiger partial charge in [-0.1, -0.05) is 12.1 Å². The second-order valence-corrected chi connectivity index (χ2v) is 3.29. The van der Waals surface area contributed by atoms with Crippen LogP contribution in [0, 0.1) is 0 Å². The molecule has 0 aliphatic heterocycles. The highest BCUT2D eigenvalue weighted by molar-refractivity contribution is 7.95. The molecule has 1 atom stereocenters. The van der Waals surface area contributed by atoms with E-state index in [2.05, 4.69) is 4.99 Å². The fourth-order valence-corrected chi connectivity index (χ4v) is 1.06. The lowest BCUT2D eigenvalue weighted by Crippen LogP contribution is -2.16. The van der Waals surface area contributed by atoms with E-state index in [1.165, 1.54) is 7.11 Å². The topological polar surface area (TPSA) is 84.9 Å². The van der Waals surface area contributed by atoms with Gasteiger partial charge in [-0.2, -0.15) is 0 Å². The Balaban J connectivity index is 3.07. The van der Waals surface area contributed by atoms with Gasteiger partial charge in [0, 0.05) is 0 Å². The van der Waals surface area contributed by atoms with E-state index >= 15 is 0 Å². The lowest BCUT2D eigenvalue weighted by Gasteiger charge is -2.03. The molecule has 0 bridgehead atoms. The third-order valence-corrected chi connectivity index (χ3v) is 1.94. The molecule has 0 heterocycles. The summed E-state index contributed by atoms with van der Waals surface area (Å²) in [6, 6.07) is 6.82. The number of para-hydroxylation sites is 2. The number of ether oxygens (including phenoxy) is 1. The maximum atomic E-state index is 10.5. The van der Waals surface area contributed by atoms with Gasteiger partial charge >= 0.3 is 0 Å². The summed E-state index contributed by atoms with van der Waals surface area (Å²) >= 11 is -2.25. The first kappa shape index (κ1) is 10.7. The zero-order valence-corrected chi connectivity index (χ0v) is 8.32. The van der Waals surface area contributed by atoms with E-state index in [0.717, 1.165) is 0 Å². The van der Waals surface area contributed by atoms with Gasteiger partial charge in [0.25, 0.3) is 0 Å². The van der Waals surface area contributed by atoms with Crippen molar-refractivity contribution in [3.8, 4) is 5.75 Å². The third kappa shape index (κ3) is 2.54. The monoisotopic (exact) mass is 214 g/mol. The van der Waals surface area contributed by atoms with Gasteiger partial charge in [0.1, 0.15) is 11.4 Å². The van der Waals surface area contributed by atoms with E-state index in [1.54, 1.807) is 24.3 Å². The van der Waals surface area contributed by atoms with E-state index in [-0.39, 0.29) is 5.17 Å². The molecule has 0 radical (unpaired) electrons. The SMILES string of the molecule is COc1ccccc1N=C(N)S(=O)O. The van der Waals surface area contributed by atoms with Crippen molar-refractivity contribution in [1.82, 2.24) is 0 Å². The highest BCUT2D eigenvalue weighted by atomic mass is 32.2. The molecular weight excluding hydrogens is 204 g/mol. The van der Waals surface area contributed by atoms with Crippen LogP contribution in [0.3, 0.4) is 0 Å². The molecule has 6 heteroatoms. The fraction of sp³-hybridized carbons (Fsp3) is 0.125. The molecule has 0 spiro atoms. The minimum Gasteiger partial charge on any atom is -0.494 e. The van der Waals surface area contributed by atoms with Gasteiger partial charge in [-0.25, -0.2) is 9.20 Å². The molecule has 3 N–H and O–H groups in total. The maximum Gasteiger partial charge on any atom is 0.223 e. The van der Waals surface area contributed by atoms with Crippen molar-refractivity contribution in [2.24, 2.45) is 10.7 Å². The highest BCUT2D eigenvalue weighted by Crippen LogP contribution is 2.26. The highest BCUT2D eigenvalue weighted by Gasteiger charge is 2.03. The van der Waals surface area contributed by atoms with Crippen LogP contribution in [0.2, 0.25) is 0 Å². The summed E-state index contributed by atoms with van der Waals surface area (Å²) in [6.45, 7) is 0. The van der Waals surface area contributed by atoms with Crippen LogP contribution in [0.15, 0.2) is 29.3 Å². The van der Waals surface area contributed by atoms with Crippen LogP contribution < -0.4 is 10.5 Å². The Morgan fingerprint density at radius 3 is 2.79 bits per heavy atom. The van der Waals surface area contributed by atoms with Gasteiger partial charge in [0.15, 0.2) is 0 Å². The number of nitrogens with zero attached hydrogens (tertiary/aromatic N) is 1. The van der Waals surface area contributed by atoms with Crippen LogP contribution in [-0.4, -0.2) is 21.0 Å². The van der Waals surface area contributed by atoms with Gasteiger partial charge in [0.05, 0.1) is 7.11 Å². The number of hydrogen-bond acceptors (Lipinski definition) is 3. The Kier molecular flexibility index (Phi) is 3.61. The number of benzene rings is 1. The van der Waals surface area contributed by atoms with Crippen molar-refractivity contribution in [2.75, 3.05) is 7.11 Å². The molecule has 0 saturated heterocycles. The standard InChI is InChI=1S/C8H10N2O3S/c1-13-7-5-3-2-4-6(7)10-8(9)14(11)12/h2-5H,1H3,(H2,9,10)(H,11,12). The van der Waals surface area contributed by atoms with Gasteiger partial charge in [-0.15, -0.1) is 0 Å². The summed E-state index contributed by atoms with van der Waals surface area (Å²) in [4.78, 5) is 3.75. The van der Waals surface area contributed by atoms with Gasteiger partial charge in [0.2, 0.25) is 16.2 Å². The molecule has 0 saturated carbocycles. The lowest BCUT2D eigenvalue weighted by molar-refractivity contribution is 0.416. The average Bonchev–Trinajstić information content (AvgIpc) is 2.18. The smallest absolute Gasteiger partial charge is 0.223 e. The number of rotatable bonds is 2. The first-order chi connectivity index (χ1) is 6.65. The molecular formula is C8H10N2O3S. The van der Waals surface area contributed by atoms with Crippen molar-refractivity contribution >= 4 is 21.9 Å².